The van der Waals surface area contributed by atoms with Gasteiger partial charge < -0.3 is 10.3 Å². The first-order chi connectivity index (χ1) is 13.5. The van der Waals surface area contributed by atoms with Gasteiger partial charge in [-0.15, -0.1) is 11.3 Å². The Bertz CT molecular complexity index is 1130. The quantitative estimate of drug-likeness (QED) is 0.562. The van der Waals surface area contributed by atoms with Gasteiger partial charge >= 0.3 is 0 Å². The molecule has 0 atom stereocenters. The molecule has 0 aliphatic heterocycles. The maximum Gasteiger partial charge on any atom is 0.250 e. The lowest BCUT2D eigenvalue weighted by molar-refractivity contribution is 0.0999. The molecule has 3 heterocycles. The summed E-state index contributed by atoms with van der Waals surface area (Å²) in [6.07, 6.45) is 4.97. The van der Waals surface area contributed by atoms with Crippen molar-refractivity contribution in [2.45, 2.75) is 20.4 Å². The fourth-order valence-electron chi connectivity index (χ4n) is 3.11. The second kappa shape index (κ2) is 7.36. The molecule has 0 bridgehead atoms. The molecule has 4 rings (SSSR count). The lowest BCUT2D eigenvalue weighted by Crippen LogP contribution is -2.12. The van der Waals surface area contributed by atoms with E-state index in [2.05, 4.69) is 45.7 Å². The van der Waals surface area contributed by atoms with Crippen molar-refractivity contribution < 1.29 is 4.79 Å². The molecule has 0 aliphatic rings. The van der Waals surface area contributed by atoms with Gasteiger partial charge in [0, 0.05) is 30.0 Å². The van der Waals surface area contributed by atoms with Gasteiger partial charge in [0.25, 0.3) is 5.91 Å². The van der Waals surface area contributed by atoms with E-state index >= 15 is 0 Å². The summed E-state index contributed by atoms with van der Waals surface area (Å²) in [5, 5.41) is 2.75. The second-order valence-electron chi connectivity index (χ2n) is 6.59. The normalized spacial score (nSPS) is 10.9. The molecule has 0 spiro atoms. The first kappa shape index (κ1) is 18.1. The van der Waals surface area contributed by atoms with Crippen LogP contribution in [-0.4, -0.2) is 25.4 Å². The Balaban J connectivity index is 1.78. The first-order valence-corrected chi connectivity index (χ1v) is 9.68. The van der Waals surface area contributed by atoms with Crippen LogP contribution in [0.15, 0.2) is 54.3 Å². The van der Waals surface area contributed by atoms with Crippen LogP contribution in [0.5, 0.6) is 0 Å². The van der Waals surface area contributed by atoms with Crippen molar-refractivity contribution in [1.29, 1.82) is 0 Å². The molecule has 3 aromatic heterocycles. The first-order valence-electron chi connectivity index (χ1n) is 8.80. The van der Waals surface area contributed by atoms with Crippen LogP contribution in [0, 0.1) is 13.8 Å². The van der Waals surface area contributed by atoms with Crippen LogP contribution in [0.2, 0.25) is 0 Å². The van der Waals surface area contributed by atoms with E-state index in [1.807, 2.05) is 18.4 Å². The molecule has 7 heteroatoms. The van der Waals surface area contributed by atoms with Crippen molar-refractivity contribution in [2.24, 2.45) is 5.73 Å². The van der Waals surface area contributed by atoms with Crippen LogP contribution in [0.1, 0.15) is 27.2 Å². The minimum atomic E-state index is -0.439. The van der Waals surface area contributed by atoms with Gasteiger partial charge in [0.2, 0.25) is 0 Å². The highest BCUT2D eigenvalue weighted by atomic mass is 32.1. The Labute approximate surface area is 166 Å². The largest absolute Gasteiger partial charge is 0.366 e. The lowest BCUT2D eigenvalue weighted by atomic mass is 10.1. The number of primary amides is 1. The van der Waals surface area contributed by atoms with E-state index in [9.17, 15) is 4.79 Å². The van der Waals surface area contributed by atoms with Crippen molar-refractivity contribution in [1.82, 2.24) is 19.5 Å². The number of aryl methyl sites for hydroxylation is 1. The zero-order valence-corrected chi connectivity index (χ0v) is 16.4. The van der Waals surface area contributed by atoms with Crippen LogP contribution in [0.4, 0.5) is 0 Å². The third kappa shape index (κ3) is 3.44. The molecule has 0 unspecified atom stereocenters. The summed E-state index contributed by atoms with van der Waals surface area (Å²) in [4.78, 5) is 25.1. The van der Waals surface area contributed by atoms with Crippen LogP contribution < -0.4 is 5.73 Å². The van der Waals surface area contributed by atoms with Crippen molar-refractivity contribution in [3.05, 3.63) is 76.7 Å². The van der Waals surface area contributed by atoms with Gasteiger partial charge in [-0.2, -0.15) is 0 Å². The predicted molar refractivity (Wildman–Crippen MR) is 110 cm³/mol. The number of nitrogens with two attached hydrogens (primary N) is 1. The third-order valence-electron chi connectivity index (χ3n) is 4.64. The smallest absolute Gasteiger partial charge is 0.250 e. The molecular weight excluding hydrogens is 370 g/mol. The van der Waals surface area contributed by atoms with Crippen LogP contribution in [0.3, 0.4) is 0 Å². The number of hydrogen-bond donors (Lipinski definition) is 1. The Morgan fingerprint density at radius 2 is 1.93 bits per heavy atom. The predicted octanol–water partition coefficient (Wildman–Crippen LogP) is 3.83. The summed E-state index contributed by atoms with van der Waals surface area (Å²) in [5.41, 5.74) is 11.7. The van der Waals surface area contributed by atoms with Gasteiger partial charge in [-0.05, 0) is 25.5 Å². The molecule has 4 aromatic rings. The standard InChI is InChI=1S/C21H19N5OS/c1-13-3-5-15(6-4-13)11-26-14(2)16(20(22)27)9-19(26)18-12-28-21(25-18)17-10-23-7-8-24-17/h3-10,12H,11H2,1-2H3,(H2,22,27). The van der Waals surface area contributed by atoms with Gasteiger partial charge in [0.15, 0.2) is 0 Å². The Hall–Kier alpha value is -3.32. The number of amides is 1. The van der Waals surface area contributed by atoms with E-state index in [1.165, 1.54) is 16.9 Å². The number of nitrogens with zero attached hydrogens (tertiary/aromatic N) is 4. The van der Waals surface area contributed by atoms with Crippen molar-refractivity contribution in [3.8, 4) is 22.1 Å². The lowest BCUT2D eigenvalue weighted by Gasteiger charge is -2.11. The molecule has 1 aromatic carbocycles. The van der Waals surface area contributed by atoms with Crippen molar-refractivity contribution in [2.75, 3.05) is 0 Å². The number of aromatic nitrogens is 4. The number of hydrogen-bond acceptors (Lipinski definition) is 5. The molecule has 1 amide bonds. The molecule has 2 N–H and O–H groups in total. The van der Waals surface area contributed by atoms with E-state index in [1.54, 1.807) is 18.6 Å². The Morgan fingerprint density at radius 3 is 2.61 bits per heavy atom. The molecule has 0 fully saturated rings. The van der Waals surface area contributed by atoms with Gasteiger partial charge in [-0.3, -0.25) is 14.8 Å². The maximum atomic E-state index is 11.9. The summed E-state index contributed by atoms with van der Waals surface area (Å²) in [6, 6.07) is 10.2. The van der Waals surface area contributed by atoms with E-state index in [4.69, 9.17) is 10.7 Å². The average molecular weight is 389 g/mol. The molecule has 0 saturated heterocycles. The second-order valence-corrected chi connectivity index (χ2v) is 7.45. The molecule has 140 valence electrons. The van der Waals surface area contributed by atoms with E-state index in [0.717, 1.165) is 33.3 Å². The number of thiazole rings is 1. The number of benzene rings is 1. The topological polar surface area (TPSA) is 86.7 Å². The van der Waals surface area contributed by atoms with Gasteiger partial charge in [-0.1, -0.05) is 29.8 Å². The molecule has 0 saturated carbocycles. The highest BCUT2D eigenvalue weighted by Gasteiger charge is 2.19. The highest BCUT2D eigenvalue weighted by molar-refractivity contribution is 7.13. The molecule has 0 radical (unpaired) electrons. The zero-order valence-electron chi connectivity index (χ0n) is 15.6. The van der Waals surface area contributed by atoms with E-state index < -0.39 is 5.91 Å². The van der Waals surface area contributed by atoms with Gasteiger partial charge in [0.05, 0.1) is 23.1 Å². The highest BCUT2D eigenvalue weighted by Crippen LogP contribution is 2.31. The third-order valence-corrected chi connectivity index (χ3v) is 5.51. The summed E-state index contributed by atoms with van der Waals surface area (Å²) in [6.45, 7) is 4.60. The minimum absolute atomic E-state index is 0.439. The van der Waals surface area contributed by atoms with Gasteiger partial charge in [0.1, 0.15) is 10.7 Å². The maximum absolute atomic E-state index is 11.9. The summed E-state index contributed by atoms with van der Waals surface area (Å²) < 4.78 is 2.08. The number of carbonyl (C=O) groups excluding carboxylic acids is 1. The Kier molecular flexibility index (Phi) is 4.75. The van der Waals surface area contributed by atoms with Crippen molar-refractivity contribution >= 4 is 17.2 Å². The molecule has 28 heavy (non-hydrogen) atoms. The van der Waals surface area contributed by atoms with E-state index in [-0.39, 0.29) is 0 Å². The van der Waals surface area contributed by atoms with Crippen LogP contribution in [-0.2, 0) is 6.54 Å². The number of rotatable bonds is 5. The fourth-order valence-corrected chi connectivity index (χ4v) is 3.88. The van der Waals surface area contributed by atoms with Gasteiger partial charge in [-0.25, -0.2) is 4.98 Å². The fraction of sp³-hybridized carbons (Fsp3) is 0.143. The molecule has 6 nitrogen and oxygen atoms in total. The average Bonchev–Trinajstić information content (AvgIpc) is 3.30. The minimum Gasteiger partial charge on any atom is -0.366 e. The zero-order chi connectivity index (χ0) is 19.7. The SMILES string of the molecule is Cc1ccc(Cn2c(-c3csc(-c4cnccn4)n3)cc(C(N)=O)c2C)cc1. The number of carbonyl (C=O) groups is 1. The summed E-state index contributed by atoms with van der Waals surface area (Å²) in [7, 11) is 0. The molecule has 0 aliphatic carbocycles. The Morgan fingerprint density at radius 1 is 1.14 bits per heavy atom. The van der Waals surface area contributed by atoms with E-state index in [0.29, 0.717) is 12.1 Å². The summed E-state index contributed by atoms with van der Waals surface area (Å²) >= 11 is 1.49. The monoisotopic (exact) mass is 389 g/mol. The summed E-state index contributed by atoms with van der Waals surface area (Å²) in [5.74, 6) is -0.439. The van der Waals surface area contributed by atoms with Crippen LogP contribution >= 0.6 is 11.3 Å². The van der Waals surface area contributed by atoms with Crippen molar-refractivity contribution in [3.63, 3.8) is 0 Å². The molecular formula is C21H19N5OS. The van der Waals surface area contributed by atoms with Crippen LogP contribution in [0.25, 0.3) is 22.1 Å².